The SMILES string of the molecule is CC(c1cc2ccccc2[nH]1)N(C)C(=O)/C=C/c1ccc(NC(=O)CCC(=O)N2CCN(C)CC2)nc1. The molecule has 1 fully saturated rings. The number of carbonyl (C=O) groups excluding carboxylic acids is 3. The number of piperazine rings is 1. The number of H-pyrrole nitrogens is 1. The molecule has 1 atom stereocenters. The maximum Gasteiger partial charge on any atom is 0.246 e. The number of fused-ring (bicyclic) bond motifs is 1. The summed E-state index contributed by atoms with van der Waals surface area (Å²) in [6.45, 7) is 5.09. The van der Waals surface area contributed by atoms with Crippen LogP contribution in [0.3, 0.4) is 0 Å². The van der Waals surface area contributed by atoms with Crippen molar-refractivity contribution in [1.29, 1.82) is 0 Å². The standard InChI is InChI=1S/C28H34N6O3/c1-20(24-18-22-6-4-5-7-23(22)30-24)33(3)27(36)12-9-21-8-10-25(29-19-21)31-26(35)11-13-28(37)34-16-14-32(2)15-17-34/h4-10,12,18-20,30H,11,13-17H2,1-3H3,(H,29,31,35)/b12-9+. The van der Waals surface area contributed by atoms with E-state index in [1.54, 1.807) is 36.4 Å². The van der Waals surface area contributed by atoms with Crippen LogP contribution in [-0.2, 0) is 14.4 Å². The van der Waals surface area contributed by atoms with E-state index in [2.05, 4.69) is 26.3 Å². The number of nitrogens with one attached hydrogen (secondary N) is 2. The molecule has 0 bridgehead atoms. The molecule has 2 N–H and O–H groups in total. The zero-order chi connectivity index (χ0) is 26.4. The first-order chi connectivity index (χ1) is 17.8. The van der Waals surface area contributed by atoms with Crippen LogP contribution in [0.15, 0.2) is 54.7 Å². The van der Waals surface area contributed by atoms with Crippen molar-refractivity contribution < 1.29 is 14.4 Å². The van der Waals surface area contributed by atoms with Gasteiger partial charge in [-0.15, -0.1) is 0 Å². The summed E-state index contributed by atoms with van der Waals surface area (Å²) in [7, 11) is 3.81. The van der Waals surface area contributed by atoms with Crippen LogP contribution in [0.2, 0.25) is 0 Å². The molecule has 3 heterocycles. The lowest BCUT2D eigenvalue weighted by Gasteiger charge is -2.32. The number of likely N-dealkylation sites (N-methyl/N-ethyl adjacent to an activating group) is 2. The van der Waals surface area contributed by atoms with Crippen LogP contribution in [0.1, 0.15) is 37.1 Å². The number of hydrogen-bond acceptors (Lipinski definition) is 5. The molecule has 2 aromatic heterocycles. The number of carbonyl (C=O) groups is 3. The Bertz CT molecular complexity index is 1240. The Balaban J connectivity index is 1.25. The molecule has 0 radical (unpaired) electrons. The van der Waals surface area contributed by atoms with E-state index in [0.29, 0.717) is 18.9 Å². The van der Waals surface area contributed by atoms with Crippen LogP contribution in [-0.4, -0.2) is 82.7 Å². The number of nitrogens with zero attached hydrogens (tertiary/aromatic N) is 4. The highest BCUT2D eigenvalue weighted by Crippen LogP contribution is 2.23. The highest BCUT2D eigenvalue weighted by molar-refractivity contribution is 5.93. The van der Waals surface area contributed by atoms with Crippen molar-refractivity contribution in [2.24, 2.45) is 0 Å². The first-order valence-electron chi connectivity index (χ1n) is 12.5. The van der Waals surface area contributed by atoms with Gasteiger partial charge in [0.15, 0.2) is 0 Å². The van der Waals surface area contributed by atoms with Crippen LogP contribution in [0, 0.1) is 0 Å². The van der Waals surface area contributed by atoms with Gasteiger partial charge in [-0.2, -0.15) is 0 Å². The third kappa shape index (κ3) is 6.83. The predicted molar refractivity (Wildman–Crippen MR) is 145 cm³/mol. The van der Waals surface area contributed by atoms with Gasteiger partial charge >= 0.3 is 0 Å². The van der Waals surface area contributed by atoms with Crippen LogP contribution in [0.25, 0.3) is 17.0 Å². The molecule has 1 unspecified atom stereocenters. The molecule has 9 nitrogen and oxygen atoms in total. The first kappa shape index (κ1) is 26.1. The summed E-state index contributed by atoms with van der Waals surface area (Å²) in [5.41, 5.74) is 2.75. The third-order valence-electron chi connectivity index (χ3n) is 6.82. The van der Waals surface area contributed by atoms with Gasteiger partial charge in [0.25, 0.3) is 0 Å². The molecule has 0 saturated carbocycles. The Morgan fingerprint density at radius 2 is 1.86 bits per heavy atom. The molecule has 0 aliphatic carbocycles. The number of aromatic amines is 1. The molecule has 9 heteroatoms. The summed E-state index contributed by atoms with van der Waals surface area (Å²) in [6.07, 6.45) is 5.10. The summed E-state index contributed by atoms with van der Waals surface area (Å²) in [5.74, 6) is 0.0323. The molecular formula is C28H34N6O3. The molecule has 3 amide bonds. The van der Waals surface area contributed by atoms with Gasteiger partial charge in [-0.05, 0) is 55.3 Å². The number of pyridine rings is 1. The largest absolute Gasteiger partial charge is 0.357 e. The fourth-order valence-corrected chi connectivity index (χ4v) is 4.22. The van der Waals surface area contributed by atoms with E-state index in [-0.39, 0.29) is 36.6 Å². The molecule has 37 heavy (non-hydrogen) atoms. The van der Waals surface area contributed by atoms with Gasteiger partial charge in [-0.1, -0.05) is 18.2 Å². The third-order valence-corrected chi connectivity index (χ3v) is 6.82. The zero-order valence-corrected chi connectivity index (χ0v) is 21.6. The minimum absolute atomic E-state index is 0.00480. The van der Waals surface area contributed by atoms with Crippen molar-refractivity contribution >= 4 is 40.5 Å². The maximum absolute atomic E-state index is 12.7. The lowest BCUT2D eigenvalue weighted by atomic mass is 10.2. The number of anilines is 1. The Morgan fingerprint density at radius 3 is 2.57 bits per heavy atom. The predicted octanol–water partition coefficient (Wildman–Crippen LogP) is 3.29. The summed E-state index contributed by atoms with van der Waals surface area (Å²) in [5, 5.41) is 3.84. The van der Waals surface area contributed by atoms with Gasteiger partial charge in [-0.3, -0.25) is 14.4 Å². The van der Waals surface area contributed by atoms with Crippen molar-refractivity contribution in [2.45, 2.75) is 25.8 Å². The van der Waals surface area contributed by atoms with Gasteiger partial charge in [0.2, 0.25) is 17.7 Å². The van der Waals surface area contributed by atoms with Crippen molar-refractivity contribution in [3.63, 3.8) is 0 Å². The van der Waals surface area contributed by atoms with Crippen LogP contribution in [0.4, 0.5) is 5.82 Å². The number of amides is 3. The first-order valence-corrected chi connectivity index (χ1v) is 12.5. The average Bonchev–Trinajstić information content (AvgIpc) is 3.35. The second-order valence-electron chi connectivity index (χ2n) is 9.48. The molecular weight excluding hydrogens is 468 g/mol. The normalized spacial score (nSPS) is 15.2. The Kier molecular flexibility index (Phi) is 8.35. The lowest BCUT2D eigenvalue weighted by Crippen LogP contribution is -2.47. The monoisotopic (exact) mass is 502 g/mol. The minimum Gasteiger partial charge on any atom is -0.357 e. The number of para-hydroxylation sites is 1. The van der Waals surface area contributed by atoms with Gasteiger partial charge in [0.05, 0.1) is 6.04 Å². The summed E-state index contributed by atoms with van der Waals surface area (Å²) < 4.78 is 0. The fraction of sp³-hybridized carbons (Fsp3) is 0.357. The van der Waals surface area contributed by atoms with E-state index in [9.17, 15) is 14.4 Å². The molecule has 194 valence electrons. The molecule has 0 spiro atoms. The van der Waals surface area contributed by atoms with Gasteiger partial charge in [0.1, 0.15) is 5.82 Å². The summed E-state index contributed by atoms with van der Waals surface area (Å²) in [6, 6.07) is 13.4. The molecule has 1 aliphatic rings. The molecule has 1 aliphatic heterocycles. The van der Waals surface area contributed by atoms with Crippen LogP contribution in [0.5, 0.6) is 0 Å². The summed E-state index contributed by atoms with van der Waals surface area (Å²) in [4.78, 5) is 50.6. The maximum atomic E-state index is 12.7. The minimum atomic E-state index is -0.249. The molecule has 3 aromatic rings. The van der Waals surface area contributed by atoms with Crippen molar-refractivity contribution in [3.05, 3.63) is 66.0 Å². The average molecular weight is 503 g/mol. The highest BCUT2D eigenvalue weighted by Gasteiger charge is 2.20. The van der Waals surface area contributed by atoms with Crippen molar-refractivity contribution in [3.8, 4) is 0 Å². The Morgan fingerprint density at radius 1 is 1.11 bits per heavy atom. The van der Waals surface area contributed by atoms with Crippen LogP contribution >= 0.6 is 0 Å². The Labute approximate surface area is 217 Å². The van der Waals surface area contributed by atoms with E-state index in [1.807, 2.05) is 43.1 Å². The van der Waals surface area contributed by atoms with Gasteiger partial charge in [-0.25, -0.2) is 4.98 Å². The second kappa shape index (κ2) is 11.8. The molecule has 1 saturated heterocycles. The van der Waals surface area contributed by atoms with E-state index in [0.717, 1.165) is 35.2 Å². The number of aromatic nitrogens is 2. The highest BCUT2D eigenvalue weighted by atomic mass is 16.2. The summed E-state index contributed by atoms with van der Waals surface area (Å²) >= 11 is 0. The fourth-order valence-electron chi connectivity index (χ4n) is 4.22. The van der Waals surface area contributed by atoms with Crippen LogP contribution < -0.4 is 5.32 Å². The van der Waals surface area contributed by atoms with E-state index in [4.69, 9.17) is 0 Å². The van der Waals surface area contributed by atoms with Crippen molar-refractivity contribution in [1.82, 2.24) is 24.7 Å². The van der Waals surface area contributed by atoms with E-state index < -0.39 is 0 Å². The molecule has 4 rings (SSSR count). The van der Waals surface area contributed by atoms with Gasteiger partial charge in [0, 0.05) is 69.6 Å². The van der Waals surface area contributed by atoms with E-state index in [1.165, 1.54) is 6.08 Å². The van der Waals surface area contributed by atoms with Gasteiger partial charge < -0.3 is 25.0 Å². The van der Waals surface area contributed by atoms with E-state index >= 15 is 0 Å². The van der Waals surface area contributed by atoms with Crippen molar-refractivity contribution in [2.75, 3.05) is 45.6 Å². The number of benzene rings is 1. The zero-order valence-electron chi connectivity index (χ0n) is 21.6. The lowest BCUT2D eigenvalue weighted by molar-refractivity contribution is -0.134. The second-order valence-corrected chi connectivity index (χ2v) is 9.48. The topological polar surface area (TPSA) is 102 Å². The number of rotatable bonds is 8. The smallest absolute Gasteiger partial charge is 0.246 e. The quantitative estimate of drug-likeness (QED) is 0.461. The molecule has 1 aromatic carbocycles. The Hall–Kier alpha value is -3.98. The number of hydrogen-bond donors (Lipinski definition) is 2.